The van der Waals surface area contributed by atoms with Crippen molar-refractivity contribution in [3.63, 3.8) is 0 Å². The summed E-state index contributed by atoms with van der Waals surface area (Å²) in [5.41, 5.74) is -0.00660. The highest BCUT2D eigenvalue weighted by Crippen LogP contribution is 2.37. The Labute approximate surface area is 111 Å². The second kappa shape index (κ2) is 4.84. The molecule has 0 saturated carbocycles. The van der Waals surface area contributed by atoms with Gasteiger partial charge in [0, 0.05) is 6.54 Å². The Kier molecular flexibility index (Phi) is 3.38. The predicted molar refractivity (Wildman–Crippen MR) is 68.5 cm³/mol. The number of nitrogens with zero attached hydrogens (tertiary/aromatic N) is 4. The number of anilines is 1. The van der Waals surface area contributed by atoms with E-state index < -0.39 is 12.0 Å². The van der Waals surface area contributed by atoms with Crippen molar-refractivity contribution in [3.8, 4) is 6.07 Å². The molecule has 1 unspecified atom stereocenters. The van der Waals surface area contributed by atoms with Crippen LogP contribution in [0.2, 0.25) is 0 Å². The van der Waals surface area contributed by atoms with Crippen molar-refractivity contribution in [2.24, 2.45) is 5.41 Å². The molecule has 0 radical (unpaired) electrons. The van der Waals surface area contributed by atoms with E-state index in [1.54, 1.807) is 11.0 Å². The van der Waals surface area contributed by atoms with Crippen molar-refractivity contribution in [2.75, 3.05) is 11.4 Å². The van der Waals surface area contributed by atoms with E-state index in [1.807, 2.05) is 19.9 Å². The van der Waals surface area contributed by atoms with Crippen molar-refractivity contribution in [2.45, 2.75) is 32.7 Å². The Balaban J connectivity index is 2.47. The maximum atomic E-state index is 11.6. The van der Waals surface area contributed by atoms with Gasteiger partial charge in [0.05, 0.1) is 11.8 Å². The summed E-state index contributed by atoms with van der Waals surface area (Å²) in [6.45, 7) is 4.44. The molecule has 0 aliphatic carbocycles. The molecular weight excluding hydrogens is 244 g/mol. The van der Waals surface area contributed by atoms with E-state index in [9.17, 15) is 9.90 Å². The topological polar surface area (TPSA) is 90.1 Å². The van der Waals surface area contributed by atoms with Crippen LogP contribution in [0.5, 0.6) is 0 Å². The van der Waals surface area contributed by atoms with Gasteiger partial charge in [0.25, 0.3) is 0 Å². The Morgan fingerprint density at radius 3 is 3.00 bits per heavy atom. The summed E-state index contributed by atoms with van der Waals surface area (Å²) in [5.74, 6) is -0.524. The predicted octanol–water partition coefficient (Wildman–Crippen LogP) is 1.43. The molecule has 0 spiro atoms. The number of hydrogen-bond donors (Lipinski definition) is 1. The van der Waals surface area contributed by atoms with Crippen molar-refractivity contribution in [1.82, 2.24) is 10.2 Å². The summed E-state index contributed by atoms with van der Waals surface area (Å²) in [7, 11) is 0. The van der Waals surface area contributed by atoms with Gasteiger partial charge in [-0.05, 0) is 24.3 Å². The van der Waals surface area contributed by atoms with Crippen molar-refractivity contribution < 1.29 is 9.90 Å². The van der Waals surface area contributed by atoms with Crippen LogP contribution in [-0.2, 0) is 4.79 Å². The van der Waals surface area contributed by atoms with E-state index in [1.165, 1.54) is 6.20 Å². The van der Waals surface area contributed by atoms with Gasteiger partial charge < -0.3 is 10.0 Å². The zero-order chi connectivity index (χ0) is 14.0. The van der Waals surface area contributed by atoms with E-state index in [0.717, 1.165) is 12.8 Å². The van der Waals surface area contributed by atoms with Crippen LogP contribution < -0.4 is 4.90 Å². The summed E-state index contributed by atoms with van der Waals surface area (Å²) in [5, 5.41) is 26.3. The number of carboxylic acid groups (broad SMARTS) is 1. The van der Waals surface area contributed by atoms with Crippen molar-refractivity contribution in [3.05, 3.63) is 17.8 Å². The third-order valence-electron chi connectivity index (χ3n) is 3.60. The second-order valence-electron chi connectivity index (χ2n) is 5.41. The first-order chi connectivity index (χ1) is 8.97. The fraction of sp³-hybridized carbons (Fsp3) is 0.538. The minimum Gasteiger partial charge on any atom is -0.480 e. The number of nitriles is 1. The number of aliphatic carboxylic acids is 1. The number of hydrogen-bond acceptors (Lipinski definition) is 5. The van der Waals surface area contributed by atoms with Crippen LogP contribution in [0.1, 0.15) is 32.3 Å². The molecule has 1 N–H and O–H groups in total. The van der Waals surface area contributed by atoms with Crippen LogP contribution in [0.3, 0.4) is 0 Å². The van der Waals surface area contributed by atoms with Gasteiger partial charge in [-0.1, -0.05) is 13.8 Å². The SMILES string of the molecule is CC1(C)CCCN(c2nnccc2C#N)C1C(=O)O. The first kappa shape index (κ1) is 13.3. The van der Waals surface area contributed by atoms with E-state index in [4.69, 9.17) is 5.26 Å². The summed E-state index contributed by atoms with van der Waals surface area (Å²) in [6.07, 6.45) is 3.15. The lowest BCUT2D eigenvalue weighted by molar-refractivity contribution is -0.142. The summed E-state index contributed by atoms with van der Waals surface area (Å²) >= 11 is 0. The van der Waals surface area contributed by atoms with E-state index in [0.29, 0.717) is 17.9 Å². The minimum atomic E-state index is -0.890. The van der Waals surface area contributed by atoms with Gasteiger partial charge in [-0.3, -0.25) is 0 Å². The van der Waals surface area contributed by atoms with Crippen LogP contribution in [0.4, 0.5) is 5.82 Å². The van der Waals surface area contributed by atoms with Gasteiger partial charge >= 0.3 is 5.97 Å². The lowest BCUT2D eigenvalue weighted by atomic mass is 9.76. The average Bonchev–Trinajstić information content (AvgIpc) is 2.36. The molecule has 1 aliphatic heterocycles. The molecule has 0 aromatic carbocycles. The van der Waals surface area contributed by atoms with Gasteiger partial charge in [0.1, 0.15) is 12.1 Å². The molecule has 0 amide bonds. The van der Waals surface area contributed by atoms with Gasteiger partial charge in [-0.25, -0.2) is 4.79 Å². The molecule has 0 bridgehead atoms. The molecule has 19 heavy (non-hydrogen) atoms. The molecule has 1 aromatic heterocycles. The number of carboxylic acids is 1. The fourth-order valence-electron chi connectivity index (χ4n) is 2.71. The number of rotatable bonds is 2. The third kappa shape index (κ3) is 2.36. The number of carbonyl (C=O) groups is 1. The maximum absolute atomic E-state index is 11.6. The van der Waals surface area contributed by atoms with E-state index in [-0.39, 0.29) is 5.41 Å². The molecule has 100 valence electrons. The number of piperidine rings is 1. The molecule has 1 atom stereocenters. The highest BCUT2D eigenvalue weighted by atomic mass is 16.4. The lowest BCUT2D eigenvalue weighted by Gasteiger charge is -2.44. The summed E-state index contributed by atoms with van der Waals surface area (Å²) < 4.78 is 0. The molecule has 6 heteroatoms. The van der Waals surface area contributed by atoms with Crippen LogP contribution >= 0.6 is 0 Å². The van der Waals surface area contributed by atoms with Crippen molar-refractivity contribution in [1.29, 1.82) is 5.26 Å². The largest absolute Gasteiger partial charge is 0.480 e. The van der Waals surface area contributed by atoms with Crippen molar-refractivity contribution >= 4 is 11.8 Å². The Bertz CT molecular complexity index is 536. The van der Waals surface area contributed by atoms with Gasteiger partial charge in [0.15, 0.2) is 5.82 Å². The Morgan fingerprint density at radius 2 is 2.37 bits per heavy atom. The summed E-state index contributed by atoms with van der Waals surface area (Å²) in [4.78, 5) is 13.3. The normalized spacial score (nSPS) is 21.7. The van der Waals surface area contributed by atoms with Crippen LogP contribution in [0.15, 0.2) is 12.3 Å². The number of aromatic nitrogens is 2. The van der Waals surface area contributed by atoms with Gasteiger partial charge in [0.2, 0.25) is 0 Å². The third-order valence-corrected chi connectivity index (χ3v) is 3.60. The first-order valence-corrected chi connectivity index (χ1v) is 6.18. The van der Waals surface area contributed by atoms with Gasteiger partial charge in [-0.15, -0.1) is 5.10 Å². The quantitative estimate of drug-likeness (QED) is 0.865. The smallest absolute Gasteiger partial charge is 0.326 e. The second-order valence-corrected chi connectivity index (χ2v) is 5.41. The molecule has 6 nitrogen and oxygen atoms in total. The first-order valence-electron chi connectivity index (χ1n) is 6.18. The van der Waals surface area contributed by atoms with Gasteiger partial charge in [-0.2, -0.15) is 10.4 Å². The highest BCUT2D eigenvalue weighted by molar-refractivity contribution is 5.80. The monoisotopic (exact) mass is 260 g/mol. The molecule has 1 aliphatic rings. The Hall–Kier alpha value is -2.16. The molecule has 1 fully saturated rings. The molecule has 1 saturated heterocycles. The summed E-state index contributed by atoms with van der Waals surface area (Å²) in [6, 6.07) is 2.91. The highest BCUT2D eigenvalue weighted by Gasteiger charge is 2.43. The average molecular weight is 260 g/mol. The van der Waals surface area contributed by atoms with Crippen LogP contribution in [0.25, 0.3) is 0 Å². The molecule has 2 rings (SSSR count). The zero-order valence-corrected chi connectivity index (χ0v) is 11.0. The maximum Gasteiger partial charge on any atom is 0.326 e. The zero-order valence-electron chi connectivity index (χ0n) is 11.0. The standard InChI is InChI=1S/C13H16N4O2/c1-13(2)5-3-7-17(10(13)12(18)19)11-9(8-14)4-6-15-16-11/h4,6,10H,3,5,7H2,1-2H3,(H,18,19). The molecule has 1 aromatic rings. The molecule has 2 heterocycles. The minimum absolute atomic E-state index is 0.360. The molecular formula is C13H16N4O2. The van der Waals surface area contributed by atoms with E-state index >= 15 is 0 Å². The van der Waals surface area contributed by atoms with Crippen LogP contribution in [0, 0.1) is 16.7 Å². The Morgan fingerprint density at radius 1 is 1.63 bits per heavy atom. The van der Waals surface area contributed by atoms with E-state index in [2.05, 4.69) is 10.2 Å². The van der Waals surface area contributed by atoms with Crippen LogP contribution in [-0.4, -0.2) is 33.9 Å². The lowest BCUT2D eigenvalue weighted by Crippen LogP contribution is -2.55. The fourth-order valence-corrected chi connectivity index (χ4v) is 2.71.